The van der Waals surface area contributed by atoms with Gasteiger partial charge in [0.25, 0.3) is 0 Å². The molecule has 0 saturated carbocycles. The molecule has 7 heteroatoms. The molecule has 3 heterocycles. The van der Waals surface area contributed by atoms with Gasteiger partial charge in [0.2, 0.25) is 0 Å². The minimum Gasteiger partial charge on any atom is -0.355 e. The van der Waals surface area contributed by atoms with Crippen LogP contribution in [0.15, 0.2) is 85.2 Å². The lowest BCUT2D eigenvalue weighted by Crippen LogP contribution is -2.24. The Bertz CT molecular complexity index is 1340. The number of para-hydroxylation sites is 2. The Morgan fingerprint density at radius 3 is 2.09 bits per heavy atom. The first-order valence-electron chi connectivity index (χ1n) is 11.4. The Morgan fingerprint density at radius 2 is 1.34 bits per heavy atom. The number of fused-ring (bicyclic) bond motifs is 2. The van der Waals surface area contributed by atoms with Crippen molar-refractivity contribution in [3.63, 3.8) is 0 Å². The van der Waals surface area contributed by atoms with Gasteiger partial charge in [-0.2, -0.15) is 0 Å². The zero-order valence-corrected chi connectivity index (χ0v) is 20.0. The first-order chi connectivity index (χ1) is 16.9. The van der Waals surface area contributed by atoms with Crippen LogP contribution in [-0.4, -0.2) is 32.4 Å². The van der Waals surface area contributed by atoms with Gasteiger partial charge in [-0.05, 0) is 49.4 Å². The fourth-order valence-corrected chi connectivity index (χ4v) is 4.50. The molecular formula is C28H27F2N5. The van der Waals surface area contributed by atoms with E-state index in [2.05, 4.69) is 59.1 Å². The molecule has 0 amide bonds. The van der Waals surface area contributed by atoms with Crippen LogP contribution in [0, 0.1) is 18.6 Å². The van der Waals surface area contributed by atoms with E-state index in [0.717, 1.165) is 24.1 Å². The molecule has 35 heavy (non-hydrogen) atoms. The van der Waals surface area contributed by atoms with E-state index in [4.69, 9.17) is 0 Å². The SMILES string of the molecule is CN1CN(c2ccc(F)cc2F)c2ccccc21.Cc1ccc(N2CN(C)c3cnccc32)cc1. The normalized spacial score (nSPS) is 14.0. The highest BCUT2D eigenvalue weighted by Crippen LogP contribution is 2.40. The Labute approximate surface area is 204 Å². The second kappa shape index (κ2) is 9.25. The van der Waals surface area contributed by atoms with Gasteiger partial charge in [-0.1, -0.05) is 29.8 Å². The number of hydrogen-bond acceptors (Lipinski definition) is 5. The maximum atomic E-state index is 13.8. The van der Waals surface area contributed by atoms with Gasteiger partial charge in [0.1, 0.15) is 11.6 Å². The summed E-state index contributed by atoms with van der Waals surface area (Å²) in [6, 6.07) is 22.1. The zero-order chi connectivity index (χ0) is 24.5. The third-order valence-corrected chi connectivity index (χ3v) is 6.32. The molecule has 0 bridgehead atoms. The molecule has 2 aliphatic rings. The van der Waals surface area contributed by atoms with Gasteiger partial charge in [0.15, 0.2) is 0 Å². The Hall–Kier alpha value is -4.13. The molecule has 178 valence electrons. The predicted molar refractivity (Wildman–Crippen MR) is 139 cm³/mol. The highest BCUT2D eigenvalue weighted by Gasteiger charge is 2.26. The molecule has 0 atom stereocenters. The number of rotatable bonds is 2. The molecule has 0 saturated heterocycles. The number of aryl methyl sites for hydroxylation is 1. The summed E-state index contributed by atoms with van der Waals surface area (Å²) in [7, 11) is 4.04. The van der Waals surface area contributed by atoms with Crippen molar-refractivity contribution >= 4 is 34.1 Å². The molecule has 3 aromatic carbocycles. The van der Waals surface area contributed by atoms with Gasteiger partial charge in [-0.15, -0.1) is 0 Å². The van der Waals surface area contributed by atoms with Gasteiger partial charge in [0, 0.05) is 32.0 Å². The molecule has 6 rings (SSSR count). The average molecular weight is 472 g/mol. The van der Waals surface area contributed by atoms with Crippen LogP contribution < -0.4 is 19.6 Å². The van der Waals surface area contributed by atoms with E-state index in [9.17, 15) is 8.78 Å². The smallest absolute Gasteiger partial charge is 0.149 e. The summed E-state index contributed by atoms with van der Waals surface area (Å²) in [5.74, 6) is -1.10. The monoisotopic (exact) mass is 471 g/mol. The summed E-state index contributed by atoms with van der Waals surface area (Å²) >= 11 is 0. The molecule has 0 radical (unpaired) electrons. The zero-order valence-electron chi connectivity index (χ0n) is 20.0. The van der Waals surface area contributed by atoms with Crippen LogP contribution in [0.4, 0.5) is 42.9 Å². The number of pyridine rings is 1. The standard InChI is InChI=1S/C14H12F2N2.C14H15N3/c1-17-9-18(14-5-3-2-4-13(14)17)12-7-6-10(15)8-11(12)16;1-11-3-5-12(6-4-11)17-10-16(2)14-9-15-8-7-13(14)17/h2-8H,9H2,1H3;3-9H,10H2,1-2H3. The van der Waals surface area contributed by atoms with Crippen molar-refractivity contribution in [2.45, 2.75) is 6.92 Å². The number of hydrogen-bond donors (Lipinski definition) is 0. The summed E-state index contributed by atoms with van der Waals surface area (Å²) in [5.41, 5.74) is 7.31. The van der Waals surface area contributed by atoms with Crippen molar-refractivity contribution < 1.29 is 8.78 Å². The predicted octanol–water partition coefficient (Wildman–Crippen LogP) is 6.45. The largest absolute Gasteiger partial charge is 0.355 e. The number of halogens is 2. The van der Waals surface area contributed by atoms with E-state index in [0.29, 0.717) is 12.4 Å². The van der Waals surface area contributed by atoms with Crippen molar-refractivity contribution in [3.8, 4) is 0 Å². The lowest BCUT2D eigenvalue weighted by atomic mass is 10.2. The summed E-state index contributed by atoms with van der Waals surface area (Å²) < 4.78 is 26.8. The lowest BCUT2D eigenvalue weighted by molar-refractivity contribution is 0.582. The van der Waals surface area contributed by atoms with Crippen molar-refractivity contribution in [2.75, 3.05) is 47.0 Å². The van der Waals surface area contributed by atoms with Crippen LogP contribution >= 0.6 is 0 Å². The molecular weight excluding hydrogens is 444 g/mol. The molecule has 1 aromatic heterocycles. The van der Waals surface area contributed by atoms with Gasteiger partial charge in [-0.3, -0.25) is 4.98 Å². The number of aromatic nitrogens is 1. The quantitative estimate of drug-likeness (QED) is 0.335. The third kappa shape index (κ3) is 4.37. The number of nitrogens with zero attached hydrogens (tertiary/aromatic N) is 5. The first-order valence-corrected chi connectivity index (χ1v) is 11.4. The van der Waals surface area contributed by atoms with E-state index in [1.165, 1.54) is 34.8 Å². The lowest BCUT2D eigenvalue weighted by Gasteiger charge is -2.20. The fraction of sp³-hybridized carbons (Fsp3) is 0.179. The van der Waals surface area contributed by atoms with E-state index in [1.54, 1.807) is 0 Å². The molecule has 0 fully saturated rings. The van der Waals surface area contributed by atoms with Crippen LogP contribution in [0.2, 0.25) is 0 Å². The van der Waals surface area contributed by atoms with Crippen LogP contribution in [0.25, 0.3) is 0 Å². The number of anilines is 6. The molecule has 0 N–H and O–H groups in total. The average Bonchev–Trinajstić information content (AvgIpc) is 3.38. The second-order valence-corrected chi connectivity index (χ2v) is 8.82. The van der Waals surface area contributed by atoms with E-state index < -0.39 is 11.6 Å². The van der Waals surface area contributed by atoms with Crippen molar-refractivity contribution in [1.29, 1.82) is 0 Å². The maximum Gasteiger partial charge on any atom is 0.149 e. The Kier molecular flexibility index (Phi) is 5.99. The van der Waals surface area contributed by atoms with E-state index in [1.807, 2.05) is 53.5 Å². The summed E-state index contributed by atoms with van der Waals surface area (Å²) in [5, 5.41) is 0. The first kappa shape index (κ1) is 22.7. The molecule has 2 aliphatic heterocycles. The highest BCUT2D eigenvalue weighted by atomic mass is 19.1. The minimum atomic E-state index is -0.558. The van der Waals surface area contributed by atoms with Crippen molar-refractivity contribution in [2.24, 2.45) is 0 Å². The molecule has 0 spiro atoms. The van der Waals surface area contributed by atoms with E-state index >= 15 is 0 Å². The summed E-state index contributed by atoms with van der Waals surface area (Å²) in [6.45, 7) is 3.55. The third-order valence-electron chi connectivity index (χ3n) is 6.32. The fourth-order valence-electron chi connectivity index (χ4n) is 4.50. The minimum absolute atomic E-state index is 0.396. The van der Waals surface area contributed by atoms with Crippen LogP contribution in [0.5, 0.6) is 0 Å². The van der Waals surface area contributed by atoms with Crippen LogP contribution in [0.3, 0.4) is 0 Å². The molecule has 4 aromatic rings. The maximum absolute atomic E-state index is 13.8. The van der Waals surface area contributed by atoms with Crippen molar-refractivity contribution in [3.05, 3.63) is 102 Å². The van der Waals surface area contributed by atoms with Gasteiger partial charge in [-0.25, -0.2) is 8.78 Å². The highest BCUT2D eigenvalue weighted by molar-refractivity contribution is 5.82. The number of benzene rings is 3. The topological polar surface area (TPSA) is 25.9 Å². The molecule has 0 aliphatic carbocycles. The van der Waals surface area contributed by atoms with Gasteiger partial charge < -0.3 is 19.6 Å². The molecule has 5 nitrogen and oxygen atoms in total. The van der Waals surface area contributed by atoms with Crippen LogP contribution in [-0.2, 0) is 0 Å². The van der Waals surface area contributed by atoms with E-state index in [-0.39, 0.29) is 0 Å². The summed E-state index contributed by atoms with van der Waals surface area (Å²) in [4.78, 5) is 12.6. The van der Waals surface area contributed by atoms with Crippen LogP contribution in [0.1, 0.15) is 5.56 Å². The second-order valence-electron chi connectivity index (χ2n) is 8.82. The Balaban J connectivity index is 0.000000145. The summed E-state index contributed by atoms with van der Waals surface area (Å²) in [6.07, 6.45) is 3.77. The van der Waals surface area contributed by atoms with Crippen molar-refractivity contribution in [1.82, 2.24) is 4.98 Å². The molecule has 0 unspecified atom stereocenters. The Morgan fingerprint density at radius 1 is 0.686 bits per heavy atom. The van der Waals surface area contributed by atoms with Gasteiger partial charge in [0.05, 0.1) is 48.0 Å². The van der Waals surface area contributed by atoms with Gasteiger partial charge >= 0.3 is 0 Å².